The van der Waals surface area contributed by atoms with Crippen LogP contribution in [0.15, 0.2) is 47.4 Å². The molecular weight excluding hydrogens is 295 g/mol. The van der Waals surface area contributed by atoms with Crippen molar-refractivity contribution in [2.24, 2.45) is 0 Å². The van der Waals surface area contributed by atoms with E-state index in [2.05, 4.69) is 0 Å². The number of hydrogen-bond acceptors (Lipinski definition) is 4. The summed E-state index contributed by atoms with van der Waals surface area (Å²) in [6.45, 7) is 1.51. The van der Waals surface area contributed by atoms with E-state index >= 15 is 0 Å². The van der Waals surface area contributed by atoms with Gasteiger partial charge in [-0.3, -0.25) is 0 Å². The summed E-state index contributed by atoms with van der Waals surface area (Å²) in [5, 5.41) is 9.63. The molecule has 21 heavy (non-hydrogen) atoms. The Kier molecular flexibility index (Phi) is 4.29. The zero-order chi connectivity index (χ0) is 15.6. The monoisotopic (exact) mass is 310 g/mol. The molecule has 0 aromatic heterocycles. The first-order valence-corrected chi connectivity index (χ1v) is 8.12. The molecule has 2 aromatic rings. The Morgan fingerprint density at radius 2 is 1.76 bits per heavy atom. The van der Waals surface area contributed by atoms with Crippen molar-refractivity contribution in [3.8, 4) is 11.5 Å². The fraction of sp³-hybridized carbons (Fsp3) is 0.200. The lowest BCUT2D eigenvalue weighted by Crippen LogP contribution is -1.98. The third kappa shape index (κ3) is 3.80. The molecule has 0 amide bonds. The molecule has 6 heteroatoms. The molecule has 1 unspecified atom stereocenters. The molecule has 0 aliphatic heterocycles. The molecule has 2 aromatic carbocycles. The lowest BCUT2D eigenvalue weighted by atomic mass is 10.1. The van der Waals surface area contributed by atoms with Crippen molar-refractivity contribution in [2.75, 3.05) is 6.26 Å². The van der Waals surface area contributed by atoms with Gasteiger partial charge in [-0.05, 0) is 49.4 Å². The number of ether oxygens (including phenoxy) is 1. The van der Waals surface area contributed by atoms with Crippen molar-refractivity contribution >= 4 is 9.84 Å². The fourth-order valence-corrected chi connectivity index (χ4v) is 2.45. The first-order valence-electron chi connectivity index (χ1n) is 6.23. The van der Waals surface area contributed by atoms with Crippen LogP contribution >= 0.6 is 0 Å². The molecule has 0 heterocycles. The van der Waals surface area contributed by atoms with E-state index in [1.54, 1.807) is 0 Å². The normalized spacial score (nSPS) is 13.0. The van der Waals surface area contributed by atoms with E-state index in [0.717, 1.165) is 6.26 Å². The van der Waals surface area contributed by atoms with E-state index in [0.29, 0.717) is 17.1 Å². The van der Waals surface area contributed by atoms with Crippen LogP contribution in [0.25, 0.3) is 0 Å². The zero-order valence-corrected chi connectivity index (χ0v) is 12.4. The second-order valence-corrected chi connectivity index (χ2v) is 6.72. The predicted molar refractivity (Wildman–Crippen MR) is 76.7 cm³/mol. The molecule has 0 aliphatic rings. The molecule has 0 bridgehead atoms. The van der Waals surface area contributed by atoms with Gasteiger partial charge < -0.3 is 9.84 Å². The number of halogens is 1. The number of sulfone groups is 1. The van der Waals surface area contributed by atoms with Gasteiger partial charge in [-0.2, -0.15) is 0 Å². The summed E-state index contributed by atoms with van der Waals surface area (Å²) < 4.78 is 41.5. The maximum atomic E-state index is 13.2. The van der Waals surface area contributed by atoms with Crippen LogP contribution in [0, 0.1) is 5.82 Å². The van der Waals surface area contributed by atoms with Gasteiger partial charge in [0.15, 0.2) is 9.84 Å². The highest BCUT2D eigenvalue weighted by atomic mass is 32.2. The van der Waals surface area contributed by atoms with Crippen LogP contribution in [-0.4, -0.2) is 19.8 Å². The second kappa shape index (κ2) is 5.83. The van der Waals surface area contributed by atoms with Gasteiger partial charge in [-0.15, -0.1) is 0 Å². The minimum absolute atomic E-state index is 0.185. The van der Waals surface area contributed by atoms with Crippen LogP contribution in [0.5, 0.6) is 11.5 Å². The average Bonchev–Trinajstić information content (AvgIpc) is 2.40. The van der Waals surface area contributed by atoms with E-state index in [9.17, 15) is 17.9 Å². The molecular formula is C15H15FO4S. The smallest absolute Gasteiger partial charge is 0.175 e. The Labute approximate surface area is 122 Å². The Morgan fingerprint density at radius 1 is 1.14 bits per heavy atom. The summed E-state index contributed by atoms with van der Waals surface area (Å²) in [6, 6.07) is 9.71. The lowest BCUT2D eigenvalue weighted by Gasteiger charge is -2.13. The van der Waals surface area contributed by atoms with Gasteiger partial charge >= 0.3 is 0 Å². The molecule has 0 radical (unpaired) electrons. The molecule has 0 spiro atoms. The molecule has 1 atom stereocenters. The Bertz CT molecular complexity index is 737. The van der Waals surface area contributed by atoms with Gasteiger partial charge in [0.1, 0.15) is 17.3 Å². The molecule has 0 saturated carbocycles. The molecule has 2 rings (SSSR count). The van der Waals surface area contributed by atoms with Crippen molar-refractivity contribution in [1.29, 1.82) is 0 Å². The van der Waals surface area contributed by atoms with Crippen LogP contribution < -0.4 is 4.74 Å². The molecule has 0 aliphatic carbocycles. The van der Waals surface area contributed by atoms with Crippen molar-refractivity contribution in [3.05, 3.63) is 53.8 Å². The Balaban J connectivity index is 2.30. The van der Waals surface area contributed by atoms with Gasteiger partial charge in [-0.25, -0.2) is 12.8 Å². The van der Waals surface area contributed by atoms with Crippen LogP contribution in [0.3, 0.4) is 0 Å². The average molecular weight is 310 g/mol. The molecule has 112 valence electrons. The van der Waals surface area contributed by atoms with Crippen LogP contribution in [0.2, 0.25) is 0 Å². The van der Waals surface area contributed by atoms with Crippen LogP contribution in [0.1, 0.15) is 18.6 Å². The maximum absolute atomic E-state index is 13.2. The number of benzene rings is 2. The van der Waals surface area contributed by atoms with E-state index in [1.165, 1.54) is 49.4 Å². The van der Waals surface area contributed by atoms with Crippen molar-refractivity contribution in [2.45, 2.75) is 17.9 Å². The minimum Gasteiger partial charge on any atom is -0.457 e. The molecule has 0 saturated heterocycles. The first-order chi connectivity index (χ1) is 9.77. The lowest BCUT2D eigenvalue weighted by molar-refractivity contribution is 0.195. The summed E-state index contributed by atoms with van der Waals surface area (Å²) in [5.74, 6) is 0.250. The fourth-order valence-electron chi connectivity index (χ4n) is 1.82. The summed E-state index contributed by atoms with van der Waals surface area (Å²) in [7, 11) is -3.26. The zero-order valence-electron chi connectivity index (χ0n) is 11.6. The standard InChI is InChI=1S/C15H15FO4S/c1-10(17)14-9-11(16)3-8-15(14)20-12-4-6-13(7-5-12)21(2,18)19/h3-10,17H,1-2H3. The van der Waals surface area contributed by atoms with E-state index in [4.69, 9.17) is 4.74 Å². The van der Waals surface area contributed by atoms with E-state index < -0.39 is 21.8 Å². The SMILES string of the molecule is CC(O)c1cc(F)ccc1Oc1ccc(S(C)(=O)=O)cc1. The number of hydrogen-bond donors (Lipinski definition) is 1. The van der Waals surface area contributed by atoms with Gasteiger partial charge in [0.25, 0.3) is 0 Å². The number of aliphatic hydroxyl groups is 1. The summed E-state index contributed by atoms with van der Waals surface area (Å²) in [5.41, 5.74) is 0.321. The van der Waals surface area contributed by atoms with Crippen molar-refractivity contribution in [3.63, 3.8) is 0 Å². The Morgan fingerprint density at radius 3 is 2.29 bits per heavy atom. The van der Waals surface area contributed by atoms with Crippen LogP contribution in [0.4, 0.5) is 4.39 Å². The quantitative estimate of drug-likeness (QED) is 0.942. The molecule has 1 N–H and O–H groups in total. The van der Waals surface area contributed by atoms with Gasteiger partial charge in [0.05, 0.1) is 11.0 Å². The van der Waals surface area contributed by atoms with Gasteiger partial charge in [0, 0.05) is 11.8 Å². The number of rotatable bonds is 4. The highest BCUT2D eigenvalue weighted by Crippen LogP contribution is 2.30. The first kappa shape index (κ1) is 15.5. The summed E-state index contributed by atoms with van der Waals surface area (Å²) in [6.07, 6.45) is 0.236. The van der Waals surface area contributed by atoms with E-state index in [1.807, 2.05) is 0 Å². The second-order valence-electron chi connectivity index (χ2n) is 4.70. The molecule has 4 nitrogen and oxygen atoms in total. The number of aliphatic hydroxyl groups excluding tert-OH is 1. The summed E-state index contributed by atoms with van der Waals surface area (Å²) >= 11 is 0. The molecule has 0 fully saturated rings. The predicted octanol–water partition coefficient (Wildman–Crippen LogP) is 3.07. The third-order valence-electron chi connectivity index (χ3n) is 2.90. The van der Waals surface area contributed by atoms with Crippen molar-refractivity contribution < 1.29 is 22.7 Å². The van der Waals surface area contributed by atoms with E-state index in [-0.39, 0.29) is 4.90 Å². The highest BCUT2D eigenvalue weighted by Gasteiger charge is 2.12. The third-order valence-corrected chi connectivity index (χ3v) is 4.03. The van der Waals surface area contributed by atoms with Gasteiger partial charge in [-0.1, -0.05) is 0 Å². The topological polar surface area (TPSA) is 63.6 Å². The Hall–Kier alpha value is -1.92. The highest BCUT2D eigenvalue weighted by molar-refractivity contribution is 7.90. The van der Waals surface area contributed by atoms with Gasteiger partial charge in [0.2, 0.25) is 0 Å². The maximum Gasteiger partial charge on any atom is 0.175 e. The largest absolute Gasteiger partial charge is 0.457 e. The summed E-state index contributed by atoms with van der Waals surface area (Å²) in [4.78, 5) is 0.185. The van der Waals surface area contributed by atoms with Crippen molar-refractivity contribution in [1.82, 2.24) is 0 Å². The van der Waals surface area contributed by atoms with Crippen LogP contribution in [-0.2, 0) is 9.84 Å². The minimum atomic E-state index is -3.26.